The van der Waals surface area contributed by atoms with Crippen LogP contribution >= 0.6 is 15.9 Å². The quantitative estimate of drug-likeness (QED) is 0.807. The number of hydrogen-bond acceptors (Lipinski definition) is 2. The molecule has 0 aromatic heterocycles. The van der Waals surface area contributed by atoms with E-state index < -0.39 is 0 Å². The van der Waals surface area contributed by atoms with Gasteiger partial charge in [-0.1, -0.05) is 35.0 Å². The Morgan fingerprint density at radius 3 is 2.80 bits per heavy atom. The lowest BCUT2D eigenvalue weighted by Crippen LogP contribution is -2.44. The van der Waals surface area contributed by atoms with Crippen LogP contribution in [0.5, 0.6) is 0 Å². The summed E-state index contributed by atoms with van der Waals surface area (Å²) in [5.74, 6) is 0.747. The third-order valence-electron chi connectivity index (χ3n) is 4.70. The lowest BCUT2D eigenvalue weighted by Gasteiger charge is -2.37. The zero-order valence-electron chi connectivity index (χ0n) is 12.9. The molecule has 1 unspecified atom stereocenters. The highest BCUT2D eigenvalue weighted by Crippen LogP contribution is 2.37. The van der Waals surface area contributed by atoms with E-state index in [9.17, 15) is 0 Å². The second-order valence-electron chi connectivity index (χ2n) is 6.11. The average Bonchev–Trinajstić information content (AvgIpc) is 2.40. The number of nitrogens with one attached hydrogen (secondary N) is 1. The second-order valence-corrected chi connectivity index (χ2v) is 7.03. The molecule has 0 radical (unpaired) electrons. The van der Waals surface area contributed by atoms with Crippen molar-refractivity contribution in [2.75, 3.05) is 20.1 Å². The zero-order valence-corrected chi connectivity index (χ0v) is 14.5. The molecular formula is C17H27BrN2. The molecule has 0 spiro atoms. The van der Waals surface area contributed by atoms with Crippen molar-refractivity contribution >= 4 is 15.9 Å². The molecule has 1 N–H and O–H groups in total. The summed E-state index contributed by atoms with van der Waals surface area (Å²) in [6.07, 6.45) is 3.79. The minimum Gasteiger partial charge on any atom is -0.313 e. The number of likely N-dealkylation sites (N-methyl/N-ethyl adjacent to an activating group) is 1. The maximum Gasteiger partial charge on any atom is 0.0178 e. The topological polar surface area (TPSA) is 15.3 Å². The molecule has 0 saturated heterocycles. The second kappa shape index (κ2) is 7.58. The first kappa shape index (κ1) is 16.0. The van der Waals surface area contributed by atoms with Crippen molar-refractivity contribution < 1.29 is 0 Å². The Kier molecular flexibility index (Phi) is 6.06. The van der Waals surface area contributed by atoms with Crippen LogP contribution in [0.4, 0.5) is 0 Å². The van der Waals surface area contributed by atoms with Gasteiger partial charge in [0.15, 0.2) is 0 Å². The fourth-order valence-electron chi connectivity index (χ4n) is 2.79. The van der Waals surface area contributed by atoms with E-state index in [4.69, 9.17) is 0 Å². The molecule has 0 bridgehead atoms. The zero-order chi connectivity index (χ0) is 14.5. The van der Waals surface area contributed by atoms with Crippen molar-refractivity contribution in [3.05, 3.63) is 34.3 Å². The van der Waals surface area contributed by atoms with E-state index in [0.717, 1.165) is 19.0 Å². The summed E-state index contributed by atoms with van der Waals surface area (Å²) in [5.41, 5.74) is 1.48. The molecule has 1 saturated carbocycles. The molecular weight excluding hydrogens is 312 g/mol. The van der Waals surface area contributed by atoms with Crippen molar-refractivity contribution in [1.82, 2.24) is 10.2 Å². The normalized spacial score (nSPS) is 23.6. The summed E-state index contributed by atoms with van der Waals surface area (Å²) in [4.78, 5) is 2.44. The van der Waals surface area contributed by atoms with Crippen molar-refractivity contribution in [3.63, 3.8) is 0 Å². The van der Waals surface area contributed by atoms with Crippen LogP contribution in [0.2, 0.25) is 0 Å². The molecule has 0 amide bonds. The van der Waals surface area contributed by atoms with Crippen LogP contribution in [-0.2, 0) is 0 Å². The van der Waals surface area contributed by atoms with Crippen LogP contribution in [0.15, 0.2) is 28.7 Å². The van der Waals surface area contributed by atoms with Gasteiger partial charge in [-0.2, -0.15) is 0 Å². The van der Waals surface area contributed by atoms with Gasteiger partial charge in [0.05, 0.1) is 0 Å². The first-order valence-corrected chi connectivity index (χ1v) is 8.58. The van der Waals surface area contributed by atoms with E-state index in [0.29, 0.717) is 12.1 Å². The standard InChI is InChI=1S/C17H27BrN2/c1-4-13(2)20(3)9-8-19-17-11-15(12-17)14-6-5-7-16(18)10-14/h5-7,10,13,15,17,19H,4,8-9,11-12H2,1-3H3. The SMILES string of the molecule is CCC(C)N(C)CCNC1CC(c2cccc(Br)c2)C1. The Morgan fingerprint density at radius 2 is 2.15 bits per heavy atom. The third-order valence-corrected chi connectivity index (χ3v) is 5.19. The maximum atomic E-state index is 3.69. The first-order chi connectivity index (χ1) is 9.60. The van der Waals surface area contributed by atoms with E-state index in [1.165, 1.54) is 29.3 Å². The smallest absolute Gasteiger partial charge is 0.0178 e. The van der Waals surface area contributed by atoms with E-state index in [-0.39, 0.29) is 0 Å². The van der Waals surface area contributed by atoms with E-state index in [2.05, 4.69) is 71.3 Å². The third kappa shape index (κ3) is 4.31. The average molecular weight is 339 g/mol. The van der Waals surface area contributed by atoms with Gasteiger partial charge in [0, 0.05) is 29.6 Å². The molecule has 1 fully saturated rings. The minimum absolute atomic E-state index is 0.688. The largest absolute Gasteiger partial charge is 0.313 e. The molecule has 0 heterocycles. The minimum atomic E-state index is 0.688. The Bertz CT molecular complexity index is 415. The molecule has 2 nitrogen and oxygen atoms in total. The molecule has 1 aromatic carbocycles. The van der Waals surface area contributed by atoms with Gasteiger partial charge in [0.2, 0.25) is 0 Å². The fourth-order valence-corrected chi connectivity index (χ4v) is 3.21. The van der Waals surface area contributed by atoms with Crippen LogP contribution in [0.3, 0.4) is 0 Å². The summed E-state index contributed by atoms with van der Waals surface area (Å²) >= 11 is 3.56. The Hall–Kier alpha value is -0.380. The molecule has 1 atom stereocenters. The van der Waals surface area contributed by atoms with Gasteiger partial charge >= 0.3 is 0 Å². The summed E-state index contributed by atoms with van der Waals surface area (Å²) in [7, 11) is 2.22. The highest BCUT2D eigenvalue weighted by molar-refractivity contribution is 9.10. The number of benzene rings is 1. The highest BCUT2D eigenvalue weighted by Gasteiger charge is 2.29. The van der Waals surface area contributed by atoms with Crippen LogP contribution in [0.25, 0.3) is 0 Å². The van der Waals surface area contributed by atoms with Gasteiger partial charge in [0.1, 0.15) is 0 Å². The number of rotatable bonds is 7. The number of halogens is 1. The molecule has 112 valence electrons. The van der Waals surface area contributed by atoms with Gasteiger partial charge in [-0.05, 0) is 56.8 Å². The predicted molar refractivity (Wildman–Crippen MR) is 90.3 cm³/mol. The van der Waals surface area contributed by atoms with E-state index in [1.807, 2.05) is 0 Å². The molecule has 2 rings (SSSR count). The summed E-state index contributed by atoms with van der Waals surface area (Å²) in [5, 5.41) is 3.69. The van der Waals surface area contributed by atoms with E-state index >= 15 is 0 Å². The van der Waals surface area contributed by atoms with Crippen molar-refractivity contribution in [3.8, 4) is 0 Å². The van der Waals surface area contributed by atoms with E-state index in [1.54, 1.807) is 0 Å². The molecule has 1 aliphatic rings. The van der Waals surface area contributed by atoms with Crippen LogP contribution < -0.4 is 5.32 Å². The highest BCUT2D eigenvalue weighted by atomic mass is 79.9. The van der Waals surface area contributed by atoms with Crippen LogP contribution in [0.1, 0.15) is 44.6 Å². The van der Waals surface area contributed by atoms with Crippen molar-refractivity contribution in [2.45, 2.75) is 51.1 Å². The Balaban J connectivity index is 1.65. The Labute approximate surface area is 132 Å². The molecule has 1 aromatic rings. The number of hydrogen-bond donors (Lipinski definition) is 1. The predicted octanol–water partition coefficient (Wildman–Crippen LogP) is 4.02. The summed E-state index contributed by atoms with van der Waals surface area (Å²) in [6, 6.07) is 10.2. The van der Waals surface area contributed by atoms with Crippen molar-refractivity contribution in [2.24, 2.45) is 0 Å². The van der Waals surface area contributed by atoms with Gasteiger partial charge in [-0.3, -0.25) is 0 Å². The molecule has 20 heavy (non-hydrogen) atoms. The number of nitrogens with zero attached hydrogens (tertiary/aromatic N) is 1. The molecule has 0 aliphatic heterocycles. The van der Waals surface area contributed by atoms with Gasteiger partial charge in [-0.25, -0.2) is 0 Å². The van der Waals surface area contributed by atoms with Crippen molar-refractivity contribution in [1.29, 1.82) is 0 Å². The molecule has 3 heteroatoms. The monoisotopic (exact) mass is 338 g/mol. The summed E-state index contributed by atoms with van der Waals surface area (Å²) < 4.78 is 1.20. The van der Waals surface area contributed by atoms with Crippen LogP contribution in [-0.4, -0.2) is 37.1 Å². The van der Waals surface area contributed by atoms with Gasteiger partial charge < -0.3 is 10.2 Å². The first-order valence-electron chi connectivity index (χ1n) is 7.79. The lowest BCUT2D eigenvalue weighted by molar-refractivity contribution is 0.230. The van der Waals surface area contributed by atoms with Gasteiger partial charge in [0.25, 0.3) is 0 Å². The summed E-state index contributed by atoms with van der Waals surface area (Å²) in [6.45, 7) is 6.81. The van der Waals surface area contributed by atoms with Crippen LogP contribution in [0, 0.1) is 0 Å². The lowest BCUT2D eigenvalue weighted by atomic mass is 9.76. The molecule has 1 aliphatic carbocycles. The Morgan fingerprint density at radius 1 is 1.40 bits per heavy atom. The maximum absolute atomic E-state index is 3.69. The van der Waals surface area contributed by atoms with Gasteiger partial charge in [-0.15, -0.1) is 0 Å². The fraction of sp³-hybridized carbons (Fsp3) is 0.647.